The number of hydrogen-bond donors (Lipinski definition) is 1. The van der Waals surface area contributed by atoms with Gasteiger partial charge in [0, 0.05) is 24.6 Å². The quantitative estimate of drug-likeness (QED) is 0.808. The van der Waals surface area contributed by atoms with Crippen molar-refractivity contribution in [3.8, 4) is 18.1 Å². The first-order chi connectivity index (χ1) is 10.7. The summed E-state index contributed by atoms with van der Waals surface area (Å²) in [6.45, 7) is 4.69. The second-order valence-corrected chi connectivity index (χ2v) is 7.04. The Morgan fingerprint density at radius 3 is 3.14 bits per heavy atom. The molecule has 0 radical (unpaired) electrons. The molecule has 0 spiro atoms. The van der Waals surface area contributed by atoms with Gasteiger partial charge in [-0.05, 0) is 61.4 Å². The summed E-state index contributed by atoms with van der Waals surface area (Å²) in [5.41, 5.74) is 4.02. The molecule has 3 nitrogen and oxygen atoms in total. The average molecular weight is 297 g/mol. The van der Waals surface area contributed by atoms with Crippen LogP contribution in [0.3, 0.4) is 0 Å². The number of fused-ring (bicyclic) bond motifs is 1. The summed E-state index contributed by atoms with van der Waals surface area (Å²) in [6.07, 6.45) is 10.1. The van der Waals surface area contributed by atoms with Crippen LogP contribution in [0.25, 0.3) is 0 Å². The van der Waals surface area contributed by atoms with Crippen LogP contribution in [0.4, 0.5) is 0 Å². The summed E-state index contributed by atoms with van der Waals surface area (Å²) in [5.74, 6) is 3.20. The Kier molecular flexibility index (Phi) is 3.21. The van der Waals surface area contributed by atoms with Gasteiger partial charge in [0.2, 0.25) is 0 Å². The van der Waals surface area contributed by atoms with Crippen molar-refractivity contribution in [1.82, 2.24) is 4.90 Å². The van der Waals surface area contributed by atoms with E-state index in [-0.39, 0.29) is 11.5 Å². The van der Waals surface area contributed by atoms with Gasteiger partial charge in [0.15, 0.2) is 0 Å². The summed E-state index contributed by atoms with van der Waals surface area (Å²) in [4.78, 5) is 2.42. The largest absolute Gasteiger partial charge is 0.508 e. The van der Waals surface area contributed by atoms with Crippen molar-refractivity contribution < 1.29 is 9.84 Å². The van der Waals surface area contributed by atoms with Gasteiger partial charge in [-0.1, -0.05) is 5.92 Å². The van der Waals surface area contributed by atoms with Crippen LogP contribution < -0.4 is 0 Å². The van der Waals surface area contributed by atoms with Crippen molar-refractivity contribution in [3.05, 3.63) is 28.8 Å². The van der Waals surface area contributed by atoms with Crippen LogP contribution in [0.1, 0.15) is 36.0 Å². The van der Waals surface area contributed by atoms with Crippen LogP contribution in [-0.4, -0.2) is 41.8 Å². The first kappa shape index (κ1) is 14.1. The van der Waals surface area contributed by atoms with Gasteiger partial charge in [-0.3, -0.25) is 4.90 Å². The maximum absolute atomic E-state index is 10.1. The molecule has 2 heterocycles. The van der Waals surface area contributed by atoms with E-state index in [1.807, 2.05) is 12.1 Å². The third-order valence-electron chi connectivity index (χ3n) is 5.97. The molecule has 2 bridgehead atoms. The summed E-state index contributed by atoms with van der Waals surface area (Å²) in [5, 5.41) is 10.1. The Balaban J connectivity index is 1.88. The van der Waals surface area contributed by atoms with Crippen molar-refractivity contribution in [2.45, 2.75) is 50.2 Å². The van der Waals surface area contributed by atoms with Crippen LogP contribution in [-0.2, 0) is 16.6 Å². The van der Waals surface area contributed by atoms with Gasteiger partial charge in [-0.2, -0.15) is 0 Å². The standard InChI is InChI=1S/C19H23NO2/c1-3-7-20-8-6-19-5-4-9-22-18(19)17(20)12-15-13(2)10-14(21)11-16(15)19/h1,10-11,17-18,21H,4-9,12H2,2H3/t17-,18+,19+/m1/s1. The van der Waals surface area contributed by atoms with Crippen molar-refractivity contribution in [3.63, 3.8) is 0 Å². The second kappa shape index (κ2) is 5.01. The molecule has 22 heavy (non-hydrogen) atoms. The van der Waals surface area contributed by atoms with E-state index in [1.165, 1.54) is 16.7 Å². The van der Waals surface area contributed by atoms with Crippen LogP contribution >= 0.6 is 0 Å². The Morgan fingerprint density at radius 1 is 1.45 bits per heavy atom. The number of aryl methyl sites for hydroxylation is 1. The lowest BCUT2D eigenvalue weighted by molar-refractivity contribution is -0.124. The van der Waals surface area contributed by atoms with E-state index >= 15 is 0 Å². The Morgan fingerprint density at radius 2 is 2.32 bits per heavy atom. The van der Waals surface area contributed by atoms with Crippen LogP contribution in [0.2, 0.25) is 0 Å². The molecule has 2 fully saturated rings. The highest BCUT2D eigenvalue weighted by Crippen LogP contribution is 2.52. The Labute approximate surface area is 132 Å². The van der Waals surface area contributed by atoms with Crippen LogP contribution in [0, 0.1) is 19.3 Å². The van der Waals surface area contributed by atoms with Crippen LogP contribution in [0.5, 0.6) is 5.75 Å². The van der Waals surface area contributed by atoms with Gasteiger partial charge in [0.05, 0.1) is 12.6 Å². The van der Waals surface area contributed by atoms with E-state index in [0.29, 0.717) is 18.3 Å². The van der Waals surface area contributed by atoms with Gasteiger partial charge < -0.3 is 9.84 Å². The number of terminal acetylenes is 1. The van der Waals surface area contributed by atoms with Crippen molar-refractivity contribution >= 4 is 0 Å². The van der Waals surface area contributed by atoms with Crippen LogP contribution in [0.15, 0.2) is 12.1 Å². The lowest BCUT2D eigenvalue weighted by Gasteiger charge is -2.58. The zero-order valence-electron chi connectivity index (χ0n) is 13.1. The van der Waals surface area contributed by atoms with Crippen molar-refractivity contribution in [1.29, 1.82) is 0 Å². The van der Waals surface area contributed by atoms with Gasteiger partial charge in [0.1, 0.15) is 5.75 Å². The third-order valence-corrected chi connectivity index (χ3v) is 5.97. The fourth-order valence-electron chi connectivity index (χ4n) is 5.04. The molecule has 0 unspecified atom stereocenters. The van der Waals surface area contributed by atoms with E-state index in [4.69, 9.17) is 11.2 Å². The van der Waals surface area contributed by atoms with Gasteiger partial charge in [-0.15, -0.1) is 6.42 Å². The van der Waals surface area contributed by atoms with Gasteiger partial charge in [0.25, 0.3) is 0 Å². The van der Waals surface area contributed by atoms with E-state index in [0.717, 1.165) is 38.8 Å². The number of likely N-dealkylation sites (tertiary alicyclic amines) is 1. The third kappa shape index (κ3) is 1.84. The molecule has 2 saturated heterocycles. The first-order valence-electron chi connectivity index (χ1n) is 8.28. The maximum atomic E-state index is 10.1. The normalized spacial score (nSPS) is 33.6. The molecule has 116 valence electrons. The van der Waals surface area contributed by atoms with Gasteiger partial charge >= 0.3 is 0 Å². The van der Waals surface area contributed by atoms with E-state index in [2.05, 4.69) is 17.7 Å². The number of rotatable bonds is 1. The van der Waals surface area contributed by atoms with Gasteiger partial charge in [-0.25, -0.2) is 0 Å². The molecular weight excluding hydrogens is 274 g/mol. The molecule has 0 amide bonds. The molecule has 2 aliphatic heterocycles. The zero-order valence-corrected chi connectivity index (χ0v) is 13.1. The lowest BCUT2D eigenvalue weighted by Crippen LogP contribution is -2.65. The topological polar surface area (TPSA) is 32.7 Å². The number of aromatic hydroxyl groups is 1. The predicted octanol–water partition coefficient (Wildman–Crippen LogP) is 2.38. The first-order valence-corrected chi connectivity index (χ1v) is 8.28. The highest BCUT2D eigenvalue weighted by molar-refractivity contribution is 5.49. The lowest BCUT2D eigenvalue weighted by atomic mass is 9.58. The fraction of sp³-hybridized carbons (Fsp3) is 0.579. The summed E-state index contributed by atoms with van der Waals surface area (Å²) in [7, 11) is 0. The highest BCUT2D eigenvalue weighted by atomic mass is 16.5. The summed E-state index contributed by atoms with van der Waals surface area (Å²) >= 11 is 0. The number of phenols is 1. The highest BCUT2D eigenvalue weighted by Gasteiger charge is 2.55. The molecule has 3 heteroatoms. The molecule has 0 saturated carbocycles. The molecule has 3 atom stereocenters. The minimum atomic E-state index is 0.0745. The molecule has 0 aromatic heterocycles. The predicted molar refractivity (Wildman–Crippen MR) is 86.0 cm³/mol. The zero-order chi connectivity index (χ0) is 15.3. The number of phenolic OH excluding ortho intramolecular Hbond substituents is 1. The number of ether oxygens (including phenoxy) is 1. The Hall–Kier alpha value is -1.50. The summed E-state index contributed by atoms with van der Waals surface area (Å²) in [6, 6.07) is 4.26. The number of piperidine rings is 1. The fourth-order valence-corrected chi connectivity index (χ4v) is 5.04. The number of nitrogens with zero attached hydrogens (tertiary/aromatic N) is 1. The smallest absolute Gasteiger partial charge is 0.116 e. The minimum absolute atomic E-state index is 0.0745. The Bertz CT molecular complexity index is 648. The second-order valence-electron chi connectivity index (χ2n) is 7.04. The van der Waals surface area contributed by atoms with E-state index in [9.17, 15) is 5.11 Å². The monoisotopic (exact) mass is 297 g/mol. The minimum Gasteiger partial charge on any atom is -0.508 e. The molecule has 1 aromatic carbocycles. The molecule has 1 N–H and O–H groups in total. The summed E-state index contributed by atoms with van der Waals surface area (Å²) < 4.78 is 6.26. The van der Waals surface area contributed by atoms with Crippen molar-refractivity contribution in [2.75, 3.05) is 19.7 Å². The maximum Gasteiger partial charge on any atom is 0.116 e. The van der Waals surface area contributed by atoms with E-state index in [1.54, 1.807) is 0 Å². The number of benzene rings is 1. The molecule has 4 rings (SSSR count). The number of hydrogen-bond acceptors (Lipinski definition) is 3. The molecule has 3 aliphatic rings. The molecule has 1 aliphatic carbocycles. The molecule has 1 aromatic rings. The van der Waals surface area contributed by atoms with Crippen molar-refractivity contribution in [2.24, 2.45) is 0 Å². The average Bonchev–Trinajstić information content (AvgIpc) is 2.51. The molecular formula is C19H23NO2. The SMILES string of the molecule is C#CCN1CC[C@]23CCCO[C@H]2[C@H]1Cc1c(C)cc(O)cc13. The van der Waals surface area contributed by atoms with E-state index < -0.39 is 0 Å².